The number of morpholine rings is 1. The second kappa shape index (κ2) is 8.55. The van der Waals surface area contributed by atoms with Crippen LogP contribution in [0, 0.1) is 11.7 Å². The SMILES string of the molecule is CC1=CC(N2CCOCC2)N(Cc2ccc(F)cc2)C(OCC2CC2)=C1C(=O)O. The van der Waals surface area contributed by atoms with E-state index < -0.39 is 5.97 Å². The molecule has 2 heterocycles. The van der Waals surface area contributed by atoms with Crippen LogP contribution in [0.4, 0.5) is 4.39 Å². The molecule has 156 valence electrons. The van der Waals surface area contributed by atoms with Crippen molar-refractivity contribution in [1.29, 1.82) is 0 Å². The fraction of sp³-hybridized carbons (Fsp3) is 0.500. The van der Waals surface area contributed by atoms with Crippen LogP contribution in [0.25, 0.3) is 0 Å². The minimum absolute atomic E-state index is 0.138. The molecule has 1 aromatic rings. The molecule has 1 unspecified atom stereocenters. The Labute approximate surface area is 170 Å². The molecular weight excluding hydrogens is 375 g/mol. The first-order valence-corrected chi connectivity index (χ1v) is 10.1. The standard InChI is InChI=1S/C22H27FN2O4/c1-15-12-19(24-8-10-28-11-9-24)25(13-16-4-6-18(23)7-5-16)21(20(15)22(26)27)29-14-17-2-3-17/h4-7,12,17,19H,2-3,8-11,13-14H2,1H3,(H,26,27). The number of carbonyl (C=O) groups is 1. The number of aliphatic carboxylic acids is 1. The predicted molar refractivity (Wildman–Crippen MR) is 105 cm³/mol. The summed E-state index contributed by atoms with van der Waals surface area (Å²) in [4.78, 5) is 16.3. The Kier molecular flexibility index (Phi) is 5.87. The van der Waals surface area contributed by atoms with Gasteiger partial charge >= 0.3 is 5.97 Å². The predicted octanol–water partition coefficient (Wildman–Crippen LogP) is 2.97. The van der Waals surface area contributed by atoms with E-state index in [1.54, 1.807) is 12.1 Å². The summed E-state index contributed by atoms with van der Waals surface area (Å²) in [6.07, 6.45) is 4.09. The molecule has 29 heavy (non-hydrogen) atoms. The number of carboxylic acid groups (broad SMARTS) is 1. The summed E-state index contributed by atoms with van der Waals surface area (Å²) in [6, 6.07) is 6.32. The highest BCUT2D eigenvalue weighted by Gasteiger charge is 2.36. The van der Waals surface area contributed by atoms with E-state index in [1.807, 2.05) is 17.9 Å². The Morgan fingerprint density at radius 2 is 1.93 bits per heavy atom. The normalized spacial score (nSPS) is 23.2. The van der Waals surface area contributed by atoms with Crippen LogP contribution < -0.4 is 0 Å². The number of hydrogen-bond donors (Lipinski definition) is 1. The third-order valence-electron chi connectivity index (χ3n) is 5.64. The summed E-state index contributed by atoms with van der Waals surface area (Å²) >= 11 is 0. The highest BCUT2D eigenvalue weighted by molar-refractivity contribution is 5.92. The Balaban J connectivity index is 1.69. The van der Waals surface area contributed by atoms with Gasteiger partial charge in [-0.3, -0.25) is 4.90 Å². The highest BCUT2D eigenvalue weighted by atomic mass is 19.1. The number of rotatable bonds is 7. The lowest BCUT2D eigenvalue weighted by molar-refractivity contribution is -0.133. The summed E-state index contributed by atoms with van der Waals surface area (Å²) in [5.41, 5.74) is 1.81. The van der Waals surface area contributed by atoms with Crippen molar-refractivity contribution < 1.29 is 23.8 Å². The minimum atomic E-state index is -0.992. The quantitative estimate of drug-likeness (QED) is 0.757. The fourth-order valence-corrected chi connectivity index (χ4v) is 3.82. The molecule has 1 N–H and O–H groups in total. The minimum Gasteiger partial charge on any atom is -0.478 e. The van der Waals surface area contributed by atoms with Crippen LogP contribution in [0.1, 0.15) is 25.3 Å². The first-order chi connectivity index (χ1) is 14.0. The number of hydrogen-bond acceptors (Lipinski definition) is 5. The van der Waals surface area contributed by atoms with Crippen molar-refractivity contribution >= 4 is 5.97 Å². The lowest BCUT2D eigenvalue weighted by Crippen LogP contribution is -2.53. The molecule has 4 rings (SSSR count). The van der Waals surface area contributed by atoms with Crippen LogP contribution in [-0.2, 0) is 20.8 Å². The van der Waals surface area contributed by atoms with E-state index in [0.717, 1.165) is 31.5 Å². The molecular formula is C22H27FN2O4. The largest absolute Gasteiger partial charge is 0.478 e. The summed E-state index contributed by atoms with van der Waals surface area (Å²) in [5.74, 6) is -0.377. The van der Waals surface area contributed by atoms with Crippen LogP contribution >= 0.6 is 0 Å². The van der Waals surface area contributed by atoms with Crippen molar-refractivity contribution in [1.82, 2.24) is 9.80 Å². The zero-order valence-electron chi connectivity index (χ0n) is 16.6. The van der Waals surface area contributed by atoms with Crippen molar-refractivity contribution in [3.63, 3.8) is 0 Å². The highest BCUT2D eigenvalue weighted by Crippen LogP contribution is 2.35. The second-order valence-corrected chi connectivity index (χ2v) is 7.91. The van der Waals surface area contributed by atoms with Crippen LogP contribution in [0.15, 0.2) is 47.4 Å². The van der Waals surface area contributed by atoms with Crippen molar-refractivity contribution in [2.45, 2.75) is 32.5 Å². The molecule has 1 atom stereocenters. The molecule has 2 aliphatic heterocycles. The summed E-state index contributed by atoms with van der Waals surface area (Å²) < 4.78 is 25.0. The Morgan fingerprint density at radius 3 is 2.55 bits per heavy atom. The van der Waals surface area contributed by atoms with Crippen molar-refractivity contribution in [3.8, 4) is 0 Å². The van der Waals surface area contributed by atoms with Gasteiger partial charge in [0.25, 0.3) is 0 Å². The van der Waals surface area contributed by atoms with E-state index in [9.17, 15) is 14.3 Å². The Morgan fingerprint density at radius 1 is 1.24 bits per heavy atom. The summed E-state index contributed by atoms with van der Waals surface area (Å²) in [7, 11) is 0. The fourth-order valence-electron chi connectivity index (χ4n) is 3.82. The molecule has 2 fully saturated rings. The molecule has 0 bridgehead atoms. The second-order valence-electron chi connectivity index (χ2n) is 7.91. The monoisotopic (exact) mass is 402 g/mol. The van der Waals surface area contributed by atoms with Gasteiger partial charge in [0.15, 0.2) is 0 Å². The summed E-state index contributed by atoms with van der Waals surface area (Å²) in [5, 5.41) is 9.89. The first kappa shape index (κ1) is 19.9. The molecule has 7 heteroatoms. The van der Waals surface area contributed by atoms with Crippen LogP contribution in [0.2, 0.25) is 0 Å². The van der Waals surface area contributed by atoms with Crippen molar-refractivity contribution in [2.75, 3.05) is 32.9 Å². The zero-order valence-corrected chi connectivity index (χ0v) is 16.6. The number of carboxylic acids is 1. The van der Waals surface area contributed by atoms with Gasteiger partial charge in [-0.15, -0.1) is 0 Å². The Bertz CT molecular complexity index is 811. The zero-order chi connectivity index (χ0) is 20.4. The van der Waals surface area contributed by atoms with Gasteiger partial charge in [0.05, 0.1) is 19.8 Å². The smallest absolute Gasteiger partial charge is 0.341 e. The van der Waals surface area contributed by atoms with E-state index in [0.29, 0.717) is 43.7 Å². The molecule has 0 amide bonds. The van der Waals surface area contributed by atoms with Gasteiger partial charge in [0.2, 0.25) is 5.88 Å². The van der Waals surface area contributed by atoms with Gasteiger partial charge in [-0.05, 0) is 55.0 Å². The number of nitrogens with zero attached hydrogens (tertiary/aromatic N) is 2. The van der Waals surface area contributed by atoms with Gasteiger partial charge in [0, 0.05) is 19.6 Å². The van der Waals surface area contributed by atoms with E-state index in [1.165, 1.54) is 12.1 Å². The first-order valence-electron chi connectivity index (χ1n) is 10.1. The van der Waals surface area contributed by atoms with Crippen LogP contribution in [0.3, 0.4) is 0 Å². The molecule has 6 nitrogen and oxygen atoms in total. The third-order valence-corrected chi connectivity index (χ3v) is 5.64. The number of halogens is 1. The molecule has 0 spiro atoms. The molecule has 1 saturated heterocycles. The molecule has 3 aliphatic rings. The maximum atomic E-state index is 13.4. The molecule has 1 saturated carbocycles. The average Bonchev–Trinajstić information content (AvgIpc) is 3.54. The van der Waals surface area contributed by atoms with Gasteiger partial charge < -0.3 is 19.5 Å². The number of benzene rings is 1. The molecule has 1 aromatic carbocycles. The van der Waals surface area contributed by atoms with E-state index in [-0.39, 0.29) is 17.6 Å². The van der Waals surface area contributed by atoms with Crippen LogP contribution in [0.5, 0.6) is 0 Å². The van der Waals surface area contributed by atoms with Gasteiger partial charge in [0.1, 0.15) is 17.6 Å². The van der Waals surface area contributed by atoms with E-state index in [4.69, 9.17) is 9.47 Å². The lowest BCUT2D eigenvalue weighted by Gasteiger charge is -2.44. The van der Waals surface area contributed by atoms with Gasteiger partial charge in [-0.1, -0.05) is 12.1 Å². The lowest BCUT2D eigenvalue weighted by atomic mass is 10.0. The van der Waals surface area contributed by atoms with Gasteiger partial charge in [-0.2, -0.15) is 0 Å². The molecule has 0 radical (unpaired) electrons. The Hall–Kier alpha value is -2.38. The maximum absolute atomic E-state index is 13.4. The molecule has 1 aliphatic carbocycles. The van der Waals surface area contributed by atoms with E-state index in [2.05, 4.69) is 4.90 Å². The maximum Gasteiger partial charge on any atom is 0.341 e. The van der Waals surface area contributed by atoms with Crippen LogP contribution in [-0.4, -0.2) is 60.0 Å². The van der Waals surface area contributed by atoms with E-state index >= 15 is 0 Å². The average molecular weight is 402 g/mol. The van der Waals surface area contributed by atoms with Crippen molar-refractivity contribution in [3.05, 3.63) is 58.8 Å². The molecule has 0 aromatic heterocycles. The number of ether oxygens (including phenoxy) is 2. The van der Waals surface area contributed by atoms with Gasteiger partial charge in [-0.25, -0.2) is 9.18 Å². The summed E-state index contributed by atoms with van der Waals surface area (Å²) in [6.45, 7) is 5.58. The topological polar surface area (TPSA) is 62.2 Å². The third kappa shape index (κ3) is 4.62. The van der Waals surface area contributed by atoms with Crippen molar-refractivity contribution in [2.24, 2.45) is 5.92 Å².